The number of furan rings is 1. The summed E-state index contributed by atoms with van der Waals surface area (Å²) in [5, 5.41) is 4.30. The second-order valence-corrected chi connectivity index (χ2v) is 7.81. The van der Waals surface area contributed by atoms with Crippen LogP contribution in [0.2, 0.25) is 0 Å². The minimum atomic E-state index is 0.474. The van der Waals surface area contributed by atoms with E-state index in [4.69, 9.17) is 4.42 Å². The lowest BCUT2D eigenvalue weighted by Crippen LogP contribution is -2.44. The maximum Gasteiger partial charge on any atom is 0.118 e. The largest absolute Gasteiger partial charge is 0.465 e. The normalized spacial score (nSPS) is 25.8. The lowest BCUT2D eigenvalue weighted by atomic mass is 9.79. The molecule has 0 N–H and O–H groups in total. The molecule has 0 bridgehead atoms. The zero-order chi connectivity index (χ0) is 16.6. The fourth-order valence-electron chi connectivity index (χ4n) is 4.54. The maximum atomic E-state index is 5.76. The molecule has 5 heteroatoms. The monoisotopic (exact) mass is 328 g/mol. The first kappa shape index (κ1) is 15.9. The Bertz CT molecular complexity index is 691. The summed E-state index contributed by atoms with van der Waals surface area (Å²) in [6, 6.07) is 4.19. The molecule has 4 rings (SSSR count). The highest BCUT2D eigenvalue weighted by atomic mass is 16.3. The van der Waals surface area contributed by atoms with Gasteiger partial charge in [0.2, 0.25) is 0 Å². The molecule has 0 radical (unpaired) electrons. The molecule has 130 valence electrons. The molecular formula is C19H28N4O. The average Bonchev–Trinajstić information content (AvgIpc) is 3.23. The Labute approximate surface area is 144 Å². The molecule has 0 aliphatic carbocycles. The molecule has 0 aromatic carbocycles. The molecule has 2 aromatic heterocycles. The van der Waals surface area contributed by atoms with Crippen LogP contribution in [0, 0.1) is 12.3 Å². The molecule has 24 heavy (non-hydrogen) atoms. The van der Waals surface area contributed by atoms with Crippen LogP contribution in [0.3, 0.4) is 0 Å². The lowest BCUT2D eigenvalue weighted by molar-refractivity contribution is 0.0858. The van der Waals surface area contributed by atoms with Crippen LogP contribution in [0.25, 0.3) is 0 Å². The number of hydrogen-bond acceptors (Lipinski definition) is 4. The zero-order valence-electron chi connectivity index (χ0n) is 14.9. The molecule has 0 saturated carbocycles. The van der Waals surface area contributed by atoms with Crippen LogP contribution < -0.4 is 0 Å². The van der Waals surface area contributed by atoms with Crippen molar-refractivity contribution in [2.45, 2.75) is 39.3 Å². The van der Waals surface area contributed by atoms with Crippen LogP contribution in [0.5, 0.6) is 0 Å². The number of piperidine rings is 1. The molecule has 0 unspecified atom stereocenters. The van der Waals surface area contributed by atoms with Gasteiger partial charge in [-0.1, -0.05) is 0 Å². The molecule has 2 aromatic rings. The van der Waals surface area contributed by atoms with E-state index in [1.165, 1.54) is 51.0 Å². The van der Waals surface area contributed by atoms with Gasteiger partial charge in [-0.3, -0.25) is 14.5 Å². The third-order valence-corrected chi connectivity index (χ3v) is 5.60. The Balaban J connectivity index is 1.36. The summed E-state index contributed by atoms with van der Waals surface area (Å²) in [5.41, 5.74) is 1.80. The number of rotatable bonds is 4. The van der Waals surface area contributed by atoms with Crippen molar-refractivity contribution in [1.29, 1.82) is 0 Å². The Morgan fingerprint density at radius 1 is 1.12 bits per heavy atom. The van der Waals surface area contributed by atoms with Crippen molar-refractivity contribution in [3.63, 3.8) is 0 Å². The average molecular weight is 328 g/mol. The van der Waals surface area contributed by atoms with E-state index >= 15 is 0 Å². The Morgan fingerprint density at radius 2 is 1.96 bits per heavy atom. The van der Waals surface area contributed by atoms with Crippen molar-refractivity contribution in [1.82, 2.24) is 19.6 Å². The number of aromatic nitrogens is 2. The minimum Gasteiger partial charge on any atom is -0.465 e. The molecule has 2 fully saturated rings. The number of hydrogen-bond donors (Lipinski definition) is 0. The van der Waals surface area contributed by atoms with Gasteiger partial charge in [0.1, 0.15) is 11.5 Å². The van der Waals surface area contributed by atoms with Crippen LogP contribution in [0.1, 0.15) is 36.3 Å². The number of nitrogens with zero attached hydrogens (tertiary/aromatic N) is 4. The van der Waals surface area contributed by atoms with Crippen LogP contribution in [0.15, 0.2) is 28.9 Å². The van der Waals surface area contributed by atoms with Gasteiger partial charge in [-0.15, -0.1) is 0 Å². The fraction of sp³-hybridized carbons (Fsp3) is 0.632. The van der Waals surface area contributed by atoms with E-state index in [2.05, 4.69) is 33.2 Å². The summed E-state index contributed by atoms with van der Waals surface area (Å²) in [7, 11) is 1.99. The summed E-state index contributed by atoms with van der Waals surface area (Å²) >= 11 is 0. The standard InChI is InChI=1S/C19H28N4O/c1-16-4-5-18(24-16)13-23-9-7-19(15-23)6-3-8-22(14-19)12-17-10-20-21(2)11-17/h4-5,10-11H,3,6-9,12-15H2,1-2H3/t19-/m1/s1. The third kappa shape index (κ3) is 3.42. The Morgan fingerprint density at radius 3 is 2.67 bits per heavy atom. The fourth-order valence-corrected chi connectivity index (χ4v) is 4.54. The SMILES string of the molecule is Cc1ccc(CN2CC[C@@]3(CCCN(Cc4cnn(C)c4)C3)C2)o1. The van der Waals surface area contributed by atoms with Crippen molar-refractivity contribution in [3.05, 3.63) is 41.6 Å². The van der Waals surface area contributed by atoms with E-state index in [0.717, 1.165) is 24.6 Å². The highest BCUT2D eigenvalue weighted by Gasteiger charge is 2.41. The highest BCUT2D eigenvalue weighted by Crippen LogP contribution is 2.39. The van der Waals surface area contributed by atoms with Crippen molar-refractivity contribution < 1.29 is 4.42 Å². The molecular weight excluding hydrogens is 300 g/mol. The van der Waals surface area contributed by atoms with E-state index in [1.54, 1.807) is 0 Å². The molecule has 4 heterocycles. The number of likely N-dealkylation sites (tertiary alicyclic amines) is 2. The lowest BCUT2D eigenvalue weighted by Gasteiger charge is -2.40. The first-order valence-electron chi connectivity index (χ1n) is 9.08. The Hall–Kier alpha value is -1.59. The van der Waals surface area contributed by atoms with Crippen molar-refractivity contribution >= 4 is 0 Å². The predicted molar refractivity (Wildman–Crippen MR) is 93.5 cm³/mol. The summed E-state index contributed by atoms with van der Waals surface area (Å²) in [6.45, 7) is 8.85. The third-order valence-electron chi connectivity index (χ3n) is 5.60. The smallest absolute Gasteiger partial charge is 0.118 e. The summed E-state index contributed by atoms with van der Waals surface area (Å²) in [5.74, 6) is 2.12. The van der Waals surface area contributed by atoms with E-state index in [0.29, 0.717) is 5.41 Å². The van der Waals surface area contributed by atoms with E-state index in [1.807, 2.05) is 24.9 Å². The highest BCUT2D eigenvalue weighted by molar-refractivity contribution is 5.07. The molecule has 2 saturated heterocycles. The van der Waals surface area contributed by atoms with Gasteiger partial charge in [0.15, 0.2) is 0 Å². The molecule has 2 aliphatic rings. The quantitative estimate of drug-likeness (QED) is 0.865. The van der Waals surface area contributed by atoms with Gasteiger partial charge in [-0.25, -0.2) is 0 Å². The van der Waals surface area contributed by atoms with Gasteiger partial charge in [0.05, 0.1) is 12.7 Å². The summed E-state index contributed by atoms with van der Waals surface area (Å²) < 4.78 is 7.66. The van der Waals surface area contributed by atoms with Gasteiger partial charge in [0, 0.05) is 38.4 Å². The molecule has 2 aliphatic heterocycles. The van der Waals surface area contributed by atoms with Crippen LogP contribution in [-0.4, -0.2) is 45.8 Å². The topological polar surface area (TPSA) is 37.4 Å². The van der Waals surface area contributed by atoms with Gasteiger partial charge >= 0.3 is 0 Å². The predicted octanol–water partition coefficient (Wildman–Crippen LogP) is 2.81. The second kappa shape index (κ2) is 6.37. The van der Waals surface area contributed by atoms with Crippen LogP contribution in [0.4, 0.5) is 0 Å². The molecule has 1 atom stereocenters. The van der Waals surface area contributed by atoms with Gasteiger partial charge < -0.3 is 4.42 Å². The summed E-state index contributed by atoms with van der Waals surface area (Å²) in [6.07, 6.45) is 8.14. The maximum absolute atomic E-state index is 5.76. The number of aryl methyl sites for hydroxylation is 2. The first-order chi connectivity index (χ1) is 11.6. The van der Waals surface area contributed by atoms with Crippen molar-refractivity contribution in [3.8, 4) is 0 Å². The van der Waals surface area contributed by atoms with Crippen molar-refractivity contribution in [2.24, 2.45) is 12.5 Å². The summed E-state index contributed by atoms with van der Waals surface area (Å²) in [4.78, 5) is 5.20. The molecule has 1 spiro atoms. The minimum absolute atomic E-state index is 0.474. The molecule has 5 nitrogen and oxygen atoms in total. The Kier molecular flexibility index (Phi) is 4.22. The van der Waals surface area contributed by atoms with E-state index in [-0.39, 0.29) is 0 Å². The van der Waals surface area contributed by atoms with E-state index < -0.39 is 0 Å². The van der Waals surface area contributed by atoms with Gasteiger partial charge in [0.25, 0.3) is 0 Å². The first-order valence-corrected chi connectivity index (χ1v) is 9.08. The van der Waals surface area contributed by atoms with Crippen molar-refractivity contribution in [2.75, 3.05) is 26.2 Å². The molecule has 0 amide bonds. The van der Waals surface area contributed by atoms with Gasteiger partial charge in [-0.2, -0.15) is 5.10 Å². The van der Waals surface area contributed by atoms with Gasteiger partial charge in [-0.05, 0) is 56.8 Å². The van der Waals surface area contributed by atoms with E-state index in [9.17, 15) is 0 Å². The zero-order valence-corrected chi connectivity index (χ0v) is 14.9. The van der Waals surface area contributed by atoms with Crippen LogP contribution in [-0.2, 0) is 20.1 Å². The second-order valence-electron chi connectivity index (χ2n) is 7.81. The van der Waals surface area contributed by atoms with Crippen LogP contribution >= 0.6 is 0 Å².